The molecule has 0 atom stereocenters. The molecule has 3 aromatic rings. The molecule has 1 heterocycles. The highest BCUT2D eigenvalue weighted by atomic mass is 16.4. The van der Waals surface area contributed by atoms with E-state index in [4.69, 9.17) is 4.42 Å². The van der Waals surface area contributed by atoms with Crippen LogP contribution in [0.1, 0.15) is 50.1 Å². The van der Waals surface area contributed by atoms with Crippen LogP contribution in [0, 0.1) is 6.92 Å². The quantitative estimate of drug-likeness (QED) is 0.575. The van der Waals surface area contributed by atoms with Crippen LogP contribution in [0.15, 0.2) is 65.1 Å². The van der Waals surface area contributed by atoms with Crippen LogP contribution in [0.2, 0.25) is 0 Å². The third-order valence-electron chi connectivity index (χ3n) is 4.65. The summed E-state index contributed by atoms with van der Waals surface area (Å²) in [5.74, 6) is 1.59. The standard InChI is InChI=1S/C24H28N2O2/c1-18-21(28-23(25-18)24(2,3)4)15-16-22(27)26(20-13-9-6-10-14-20)17-19-11-7-5-8-12-19/h5-14H,15-17H2,1-4H3. The van der Waals surface area contributed by atoms with Gasteiger partial charge in [0.2, 0.25) is 5.91 Å². The van der Waals surface area contributed by atoms with Gasteiger partial charge < -0.3 is 9.32 Å². The van der Waals surface area contributed by atoms with E-state index in [2.05, 4.69) is 25.8 Å². The molecule has 1 amide bonds. The second-order valence-corrected chi connectivity index (χ2v) is 8.08. The lowest BCUT2D eigenvalue weighted by atomic mass is 9.97. The van der Waals surface area contributed by atoms with E-state index in [0.29, 0.717) is 19.4 Å². The molecule has 3 rings (SSSR count). The maximum Gasteiger partial charge on any atom is 0.227 e. The zero-order chi connectivity index (χ0) is 20.1. The van der Waals surface area contributed by atoms with Gasteiger partial charge in [0.05, 0.1) is 12.2 Å². The van der Waals surface area contributed by atoms with Gasteiger partial charge in [0.1, 0.15) is 5.76 Å². The zero-order valence-corrected chi connectivity index (χ0v) is 17.1. The van der Waals surface area contributed by atoms with Crippen molar-refractivity contribution in [1.82, 2.24) is 4.98 Å². The van der Waals surface area contributed by atoms with Gasteiger partial charge in [0.15, 0.2) is 5.89 Å². The summed E-state index contributed by atoms with van der Waals surface area (Å²) < 4.78 is 5.95. The van der Waals surface area contributed by atoms with E-state index in [1.54, 1.807) is 0 Å². The summed E-state index contributed by atoms with van der Waals surface area (Å²) in [7, 11) is 0. The van der Waals surface area contributed by atoms with E-state index in [-0.39, 0.29) is 11.3 Å². The minimum atomic E-state index is -0.142. The molecule has 4 heteroatoms. The molecule has 0 N–H and O–H groups in total. The summed E-state index contributed by atoms with van der Waals surface area (Å²) in [5.41, 5.74) is 2.73. The summed E-state index contributed by atoms with van der Waals surface area (Å²) in [6, 6.07) is 19.9. The summed E-state index contributed by atoms with van der Waals surface area (Å²) in [6.45, 7) is 8.71. The average molecular weight is 376 g/mol. The number of para-hydroxylation sites is 1. The number of benzene rings is 2. The van der Waals surface area contributed by atoms with Crippen molar-refractivity contribution in [3.8, 4) is 0 Å². The number of oxazole rings is 1. The van der Waals surface area contributed by atoms with E-state index >= 15 is 0 Å². The molecule has 0 spiro atoms. The van der Waals surface area contributed by atoms with Crippen LogP contribution in [0.25, 0.3) is 0 Å². The molecule has 0 fully saturated rings. The molecule has 0 saturated carbocycles. The fourth-order valence-corrected chi connectivity index (χ4v) is 3.03. The van der Waals surface area contributed by atoms with Crippen LogP contribution in [0.3, 0.4) is 0 Å². The lowest BCUT2D eigenvalue weighted by Crippen LogP contribution is -2.30. The predicted octanol–water partition coefficient (Wildman–Crippen LogP) is 5.45. The molecule has 4 nitrogen and oxygen atoms in total. The Labute approximate surface area is 167 Å². The number of aryl methyl sites for hydroxylation is 2. The summed E-state index contributed by atoms with van der Waals surface area (Å²) in [5, 5.41) is 0. The second-order valence-electron chi connectivity index (χ2n) is 8.08. The molecular weight excluding hydrogens is 348 g/mol. The molecule has 28 heavy (non-hydrogen) atoms. The first-order valence-electron chi connectivity index (χ1n) is 9.71. The van der Waals surface area contributed by atoms with Crippen molar-refractivity contribution >= 4 is 11.6 Å². The fraction of sp³-hybridized carbons (Fsp3) is 0.333. The Kier molecular flexibility index (Phi) is 5.98. The van der Waals surface area contributed by atoms with Crippen molar-refractivity contribution in [2.24, 2.45) is 0 Å². The Morgan fingerprint density at radius 1 is 1.00 bits per heavy atom. The fourth-order valence-electron chi connectivity index (χ4n) is 3.03. The molecule has 0 unspecified atom stereocenters. The second kappa shape index (κ2) is 8.42. The van der Waals surface area contributed by atoms with Crippen LogP contribution < -0.4 is 4.90 Å². The first-order chi connectivity index (χ1) is 13.3. The highest BCUT2D eigenvalue weighted by molar-refractivity contribution is 5.93. The Morgan fingerprint density at radius 2 is 1.61 bits per heavy atom. The number of carbonyl (C=O) groups is 1. The number of anilines is 1. The van der Waals surface area contributed by atoms with Crippen molar-refractivity contribution in [2.45, 2.75) is 52.5 Å². The lowest BCUT2D eigenvalue weighted by Gasteiger charge is -2.23. The minimum absolute atomic E-state index is 0.0724. The predicted molar refractivity (Wildman–Crippen MR) is 112 cm³/mol. The van der Waals surface area contributed by atoms with E-state index in [1.165, 1.54) is 0 Å². The Bertz CT molecular complexity index is 909. The minimum Gasteiger partial charge on any atom is -0.445 e. The van der Waals surface area contributed by atoms with Gasteiger partial charge in [0.25, 0.3) is 0 Å². The third kappa shape index (κ3) is 4.89. The summed E-state index contributed by atoms with van der Waals surface area (Å²) >= 11 is 0. The number of hydrogen-bond donors (Lipinski definition) is 0. The largest absolute Gasteiger partial charge is 0.445 e. The smallest absolute Gasteiger partial charge is 0.227 e. The average Bonchev–Trinajstić information content (AvgIpc) is 3.07. The number of nitrogens with zero attached hydrogens (tertiary/aromatic N) is 2. The van der Waals surface area contributed by atoms with Gasteiger partial charge in [-0.1, -0.05) is 69.3 Å². The maximum atomic E-state index is 13.1. The summed E-state index contributed by atoms with van der Waals surface area (Å²) in [4.78, 5) is 19.5. The first kappa shape index (κ1) is 19.9. The highest BCUT2D eigenvalue weighted by Crippen LogP contribution is 2.25. The Balaban J connectivity index is 1.76. The molecular formula is C24H28N2O2. The molecule has 0 aliphatic heterocycles. The first-order valence-corrected chi connectivity index (χ1v) is 9.71. The molecule has 0 bridgehead atoms. The molecule has 0 radical (unpaired) electrons. The van der Waals surface area contributed by atoms with Gasteiger partial charge >= 0.3 is 0 Å². The molecule has 2 aromatic carbocycles. The number of carbonyl (C=O) groups excluding carboxylic acids is 1. The number of amides is 1. The van der Waals surface area contributed by atoms with Crippen molar-refractivity contribution < 1.29 is 9.21 Å². The van der Waals surface area contributed by atoms with Crippen LogP contribution in [0.5, 0.6) is 0 Å². The summed E-state index contributed by atoms with van der Waals surface area (Å²) in [6.07, 6.45) is 0.924. The van der Waals surface area contributed by atoms with Gasteiger partial charge in [-0.2, -0.15) is 0 Å². The van der Waals surface area contributed by atoms with Crippen molar-refractivity contribution in [2.75, 3.05) is 4.90 Å². The van der Waals surface area contributed by atoms with Crippen LogP contribution in [-0.4, -0.2) is 10.9 Å². The Morgan fingerprint density at radius 3 is 2.18 bits per heavy atom. The van der Waals surface area contributed by atoms with Gasteiger partial charge in [-0.25, -0.2) is 4.98 Å². The van der Waals surface area contributed by atoms with Crippen molar-refractivity contribution in [3.63, 3.8) is 0 Å². The van der Waals surface area contributed by atoms with Gasteiger partial charge in [-0.05, 0) is 24.6 Å². The molecule has 0 aliphatic carbocycles. The normalized spacial score (nSPS) is 11.4. The van der Waals surface area contributed by atoms with Crippen LogP contribution in [0.4, 0.5) is 5.69 Å². The Hall–Kier alpha value is -2.88. The SMILES string of the molecule is Cc1nc(C(C)(C)C)oc1CCC(=O)N(Cc1ccccc1)c1ccccc1. The third-order valence-corrected chi connectivity index (χ3v) is 4.65. The zero-order valence-electron chi connectivity index (χ0n) is 17.1. The van der Waals surface area contributed by atoms with E-state index in [9.17, 15) is 4.79 Å². The van der Waals surface area contributed by atoms with Crippen molar-refractivity contribution in [3.05, 3.63) is 83.6 Å². The highest BCUT2D eigenvalue weighted by Gasteiger charge is 2.23. The van der Waals surface area contributed by atoms with Gasteiger partial charge in [-0.15, -0.1) is 0 Å². The molecule has 146 valence electrons. The van der Waals surface area contributed by atoms with E-state index in [1.807, 2.05) is 72.5 Å². The van der Waals surface area contributed by atoms with E-state index in [0.717, 1.165) is 28.6 Å². The van der Waals surface area contributed by atoms with Crippen molar-refractivity contribution in [1.29, 1.82) is 0 Å². The molecule has 0 saturated heterocycles. The topological polar surface area (TPSA) is 46.3 Å². The van der Waals surface area contributed by atoms with Crippen LogP contribution >= 0.6 is 0 Å². The maximum absolute atomic E-state index is 13.1. The van der Waals surface area contributed by atoms with Crippen LogP contribution in [-0.2, 0) is 23.2 Å². The number of aromatic nitrogens is 1. The lowest BCUT2D eigenvalue weighted by molar-refractivity contribution is -0.118. The van der Waals surface area contributed by atoms with Gasteiger partial charge in [0, 0.05) is 23.9 Å². The number of hydrogen-bond acceptors (Lipinski definition) is 3. The molecule has 0 aliphatic rings. The molecule has 1 aromatic heterocycles. The monoisotopic (exact) mass is 376 g/mol. The van der Waals surface area contributed by atoms with Gasteiger partial charge in [-0.3, -0.25) is 4.79 Å². The van der Waals surface area contributed by atoms with E-state index < -0.39 is 0 Å². The number of rotatable bonds is 6.